The lowest BCUT2D eigenvalue weighted by molar-refractivity contribution is -0.00382. The van der Waals surface area contributed by atoms with Crippen LogP contribution in [-0.4, -0.2) is 9.55 Å². The first kappa shape index (κ1) is 12.7. The van der Waals surface area contributed by atoms with E-state index in [9.17, 15) is 0 Å². The highest BCUT2D eigenvalue weighted by Gasteiger charge is 2.50. The fraction of sp³-hybridized carbons (Fsp3) is 0.824. The van der Waals surface area contributed by atoms with Crippen LogP contribution in [0.3, 0.4) is 0 Å². The largest absolute Gasteiger partial charge is 0.384 e. The van der Waals surface area contributed by atoms with Gasteiger partial charge in [-0.05, 0) is 62.7 Å². The molecule has 4 aliphatic carbocycles. The minimum Gasteiger partial charge on any atom is -0.384 e. The third kappa shape index (κ3) is 1.68. The SMILES string of the molecule is CCc1nc(C2C3CC4CC(C3)CC2C4)c(N)n1CC. The van der Waals surface area contributed by atoms with Gasteiger partial charge in [-0.25, -0.2) is 4.98 Å². The number of nitrogens with zero attached hydrogens (tertiary/aromatic N) is 2. The van der Waals surface area contributed by atoms with Gasteiger partial charge < -0.3 is 10.3 Å². The Labute approximate surface area is 122 Å². The van der Waals surface area contributed by atoms with Gasteiger partial charge in [-0.2, -0.15) is 0 Å². The first-order chi connectivity index (χ1) is 9.71. The van der Waals surface area contributed by atoms with E-state index in [2.05, 4.69) is 18.4 Å². The summed E-state index contributed by atoms with van der Waals surface area (Å²) in [6, 6.07) is 0. The van der Waals surface area contributed by atoms with Crippen molar-refractivity contribution in [1.82, 2.24) is 9.55 Å². The van der Waals surface area contributed by atoms with Gasteiger partial charge in [0.25, 0.3) is 0 Å². The van der Waals surface area contributed by atoms with Gasteiger partial charge in [-0.3, -0.25) is 0 Å². The molecule has 2 N–H and O–H groups in total. The summed E-state index contributed by atoms with van der Waals surface area (Å²) in [6.45, 7) is 5.32. The van der Waals surface area contributed by atoms with E-state index in [1.54, 1.807) is 0 Å². The Balaban J connectivity index is 1.72. The third-order valence-electron chi connectivity index (χ3n) is 6.29. The molecule has 4 bridgehead atoms. The maximum Gasteiger partial charge on any atom is 0.127 e. The number of aryl methyl sites for hydroxylation is 1. The van der Waals surface area contributed by atoms with E-state index in [0.29, 0.717) is 5.92 Å². The van der Waals surface area contributed by atoms with Crippen LogP contribution in [0.25, 0.3) is 0 Å². The van der Waals surface area contributed by atoms with Crippen LogP contribution in [0.15, 0.2) is 0 Å². The minimum absolute atomic E-state index is 0.667. The summed E-state index contributed by atoms with van der Waals surface area (Å²) in [4.78, 5) is 4.98. The fourth-order valence-electron chi connectivity index (χ4n) is 5.77. The van der Waals surface area contributed by atoms with E-state index in [-0.39, 0.29) is 0 Å². The lowest BCUT2D eigenvalue weighted by atomic mass is 9.51. The van der Waals surface area contributed by atoms with Crippen molar-refractivity contribution < 1.29 is 0 Å². The molecular weight excluding hydrogens is 246 g/mol. The van der Waals surface area contributed by atoms with Crippen LogP contribution in [-0.2, 0) is 13.0 Å². The molecular formula is C17H27N3. The molecule has 4 fully saturated rings. The molecule has 3 nitrogen and oxygen atoms in total. The average molecular weight is 273 g/mol. The van der Waals surface area contributed by atoms with Gasteiger partial charge in [-0.1, -0.05) is 6.92 Å². The zero-order valence-electron chi connectivity index (χ0n) is 12.8. The topological polar surface area (TPSA) is 43.8 Å². The molecule has 0 spiro atoms. The van der Waals surface area contributed by atoms with Crippen molar-refractivity contribution in [2.45, 2.75) is 64.8 Å². The quantitative estimate of drug-likeness (QED) is 0.914. The summed E-state index contributed by atoms with van der Waals surface area (Å²) in [5.74, 6) is 6.62. The zero-order chi connectivity index (χ0) is 13.9. The van der Waals surface area contributed by atoms with E-state index >= 15 is 0 Å². The highest BCUT2D eigenvalue weighted by Crippen LogP contribution is 2.60. The van der Waals surface area contributed by atoms with Gasteiger partial charge in [0, 0.05) is 18.9 Å². The molecule has 0 atom stereocenters. The minimum atomic E-state index is 0.667. The third-order valence-corrected chi connectivity index (χ3v) is 6.29. The average Bonchev–Trinajstić information content (AvgIpc) is 2.74. The van der Waals surface area contributed by atoms with Crippen molar-refractivity contribution in [1.29, 1.82) is 0 Å². The van der Waals surface area contributed by atoms with Gasteiger partial charge in [0.2, 0.25) is 0 Å². The van der Waals surface area contributed by atoms with Crippen molar-refractivity contribution in [2.24, 2.45) is 23.7 Å². The maximum absolute atomic E-state index is 6.47. The van der Waals surface area contributed by atoms with Crippen molar-refractivity contribution >= 4 is 5.82 Å². The van der Waals surface area contributed by atoms with E-state index in [4.69, 9.17) is 10.7 Å². The summed E-state index contributed by atoms with van der Waals surface area (Å²) in [5, 5.41) is 0. The number of aromatic nitrogens is 2. The summed E-state index contributed by atoms with van der Waals surface area (Å²) in [5.41, 5.74) is 7.73. The second kappa shape index (κ2) is 4.51. The molecule has 3 heteroatoms. The van der Waals surface area contributed by atoms with Crippen LogP contribution in [0.5, 0.6) is 0 Å². The maximum atomic E-state index is 6.47. The van der Waals surface area contributed by atoms with Gasteiger partial charge >= 0.3 is 0 Å². The number of imidazole rings is 1. The molecule has 0 radical (unpaired) electrons. The Morgan fingerprint density at radius 2 is 1.65 bits per heavy atom. The Bertz CT molecular complexity index is 489. The number of nitrogens with two attached hydrogens (primary N) is 1. The van der Waals surface area contributed by atoms with Crippen LogP contribution in [0, 0.1) is 23.7 Å². The second-order valence-corrected chi connectivity index (χ2v) is 7.35. The summed E-state index contributed by atoms with van der Waals surface area (Å²) < 4.78 is 2.24. The van der Waals surface area contributed by atoms with Gasteiger partial charge in [-0.15, -0.1) is 0 Å². The van der Waals surface area contributed by atoms with Crippen molar-refractivity contribution in [3.05, 3.63) is 11.5 Å². The molecule has 1 heterocycles. The number of rotatable bonds is 3. The van der Waals surface area contributed by atoms with Gasteiger partial charge in [0.1, 0.15) is 11.6 Å². The molecule has 1 aromatic rings. The molecule has 5 rings (SSSR count). The summed E-state index contributed by atoms with van der Waals surface area (Å²) in [6.07, 6.45) is 8.27. The molecule has 0 amide bonds. The number of nitrogen functional groups attached to an aromatic ring is 1. The van der Waals surface area contributed by atoms with Gasteiger partial charge in [0.15, 0.2) is 0 Å². The van der Waals surface area contributed by atoms with Crippen LogP contribution in [0.2, 0.25) is 0 Å². The Kier molecular flexibility index (Phi) is 2.87. The number of anilines is 1. The first-order valence-electron chi connectivity index (χ1n) is 8.55. The molecule has 4 saturated carbocycles. The van der Waals surface area contributed by atoms with Crippen molar-refractivity contribution in [3.8, 4) is 0 Å². The molecule has 0 aromatic carbocycles. The molecule has 0 saturated heterocycles. The highest BCUT2D eigenvalue weighted by atomic mass is 15.1. The first-order valence-corrected chi connectivity index (χ1v) is 8.55. The molecule has 1 aromatic heterocycles. The van der Waals surface area contributed by atoms with Crippen LogP contribution in [0.1, 0.15) is 63.4 Å². The van der Waals surface area contributed by atoms with E-state index in [0.717, 1.165) is 42.5 Å². The van der Waals surface area contributed by atoms with E-state index in [1.165, 1.54) is 43.6 Å². The van der Waals surface area contributed by atoms with E-state index < -0.39 is 0 Å². The number of hydrogen-bond donors (Lipinski definition) is 1. The second-order valence-electron chi connectivity index (χ2n) is 7.35. The lowest BCUT2D eigenvalue weighted by Crippen LogP contribution is -2.44. The molecule has 4 aliphatic rings. The van der Waals surface area contributed by atoms with E-state index in [1.807, 2.05) is 0 Å². The zero-order valence-corrected chi connectivity index (χ0v) is 12.8. The molecule has 110 valence electrons. The molecule has 20 heavy (non-hydrogen) atoms. The van der Waals surface area contributed by atoms with Gasteiger partial charge in [0.05, 0.1) is 5.69 Å². The highest BCUT2D eigenvalue weighted by molar-refractivity contribution is 5.42. The fourth-order valence-corrected chi connectivity index (χ4v) is 5.77. The molecule has 0 aliphatic heterocycles. The monoisotopic (exact) mass is 273 g/mol. The lowest BCUT2D eigenvalue weighted by Gasteiger charge is -2.54. The van der Waals surface area contributed by atoms with Crippen molar-refractivity contribution in [2.75, 3.05) is 5.73 Å². The smallest absolute Gasteiger partial charge is 0.127 e. The predicted octanol–water partition coefficient (Wildman–Crippen LogP) is 3.59. The van der Waals surface area contributed by atoms with Crippen LogP contribution >= 0.6 is 0 Å². The number of hydrogen-bond acceptors (Lipinski definition) is 2. The standard InChI is InChI=1S/C17H27N3/c1-3-14-19-16(17(18)20(14)4-2)15-12-6-10-5-11(8-12)9-13(15)7-10/h10-13,15H,3-9,18H2,1-2H3. The summed E-state index contributed by atoms with van der Waals surface area (Å²) >= 11 is 0. The van der Waals surface area contributed by atoms with Crippen LogP contribution < -0.4 is 5.73 Å². The van der Waals surface area contributed by atoms with Crippen molar-refractivity contribution in [3.63, 3.8) is 0 Å². The summed E-state index contributed by atoms with van der Waals surface area (Å²) in [7, 11) is 0. The van der Waals surface area contributed by atoms with Crippen LogP contribution in [0.4, 0.5) is 5.82 Å². The Morgan fingerprint density at radius 1 is 1.05 bits per heavy atom. The normalized spacial score (nSPS) is 38.6. The molecule has 0 unspecified atom stereocenters. The predicted molar refractivity (Wildman–Crippen MR) is 81.5 cm³/mol. The Morgan fingerprint density at radius 3 is 2.10 bits per heavy atom. The Hall–Kier alpha value is -0.990.